The summed E-state index contributed by atoms with van der Waals surface area (Å²) < 4.78 is 0.875. The van der Waals surface area contributed by atoms with Crippen LogP contribution in [0.1, 0.15) is 37.6 Å². The zero-order chi connectivity index (χ0) is 18.4. The van der Waals surface area contributed by atoms with Crippen molar-refractivity contribution in [2.24, 2.45) is 11.8 Å². The number of carbonyl (C=O) groups excluding carboxylic acids is 2. The second-order valence-corrected chi connectivity index (χ2v) is 8.46. The molecule has 1 heterocycles. The quantitative estimate of drug-likeness (QED) is 0.646. The molecule has 1 aliphatic heterocycles. The molecule has 1 aliphatic rings. The number of hydrogen-bond donors (Lipinski definition) is 2. The van der Waals surface area contributed by atoms with Gasteiger partial charge in [0.2, 0.25) is 5.91 Å². The molecule has 0 aliphatic carbocycles. The van der Waals surface area contributed by atoms with Gasteiger partial charge in [-0.2, -0.15) is 0 Å². The van der Waals surface area contributed by atoms with E-state index in [0.29, 0.717) is 17.4 Å². The van der Waals surface area contributed by atoms with E-state index in [1.165, 1.54) is 6.42 Å². The Balaban J connectivity index is 1.74. The fraction of sp³-hybridized carbons (Fsp3) is 0.579. The zero-order valence-electron chi connectivity index (χ0n) is 15.2. The van der Waals surface area contributed by atoms with Crippen LogP contribution in [0, 0.1) is 15.4 Å². The van der Waals surface area contributed by atoms with Crippen LogP contribution in [0.5, 0.6) is 0 Å². The lowest BCUT2D eigenvalue weighted by Crippen LogP contribution is -2.48. The van der Waals surface area contributed by atoms with E-state index in [0.717, 1.165) is 23.2 Å². The van der Waals surface area contributed by atoms with Gasteiger partial charge in [-0.25, -0.2) is 0 Å². The molecular weight excluding hydrogens is 429 g/mol. The third-order valence-corrected chi connectivity index (χ3v) is 5.35. The highest BCUT2D eigenvalue weighted by Crippen LogP contribution is 2.20. The van der Waals surface area contributed by atoms with E-state index in [2.05, 4.69) is 52.0 Å². The van der Waals surface area contributed by atoms with Crippen LogP contribution in [0.4, 0.5) is 0 Å². The van der Waals surface area contributed by atoms with E-state index >= 15 is 0 Å². The molecule has 2 rings (SSSR count). The third-order valence-electron chi connectivity index (χ3n) is 4.41. The highest BCUT2D eigenvalue weighted by molar-refractivity contribution is 14.1. The molecule has 6 heteroatoms. The Kier molecular flexibility index (Phi) is 7.68. The van der Waals surface area contributed by atoms with Crippen molar-refractivity contribution in [1.29, 1.82) is 0 Å². The first kappa shape index (κ1) is 20.2. The van der Waals surface area contributed by atoms with Crippen molar-refractivity contribution in [2.45, 2.75) is 33.2 Å². The molecule has 0 spiro atoms. The highest BCUT2D eigenvalue weighted by atomic mass is 127. The monoisotopic (exact) mass is 457 g/mol. The van der Waals surface area contributed by atoms with Crippen molar-refractivity contribution < 1.29 is 9.59 Å². The van der Waals surface area contributed by atoms with Gasteiger partial charge in [-0.15, -0.1) is 0 Å². The maximum Gasteiger partial charge on any atom is 0.252 e. The summed E-state index contributed by atoms with van der Waals surface area (Å²) in [6, 6.07) is 7.41. The Morgan fingerprint density at radius 3 is 2.52 bits per heavy atom. The summed E-state index contributed by atoms with van der Waals surface area (Å²) in [5.41, 5.74) is 0.597. The Bertz CT molecular complexity index is 598. The Labute approximate surface area is 164 Å². The van der Waals surface area contributed by atoms with Gasteiger partial charge in [-0.3, -0.25) is 9.59 Å². The number of likely N-dealkylation sites (tertiary alicyclic amines) is 1. The summed E-state index contributed by atoms with van der Waals surface area (Å²) in [6.07, 6.45) is 1.28. The molecule has 5 nitrogen and oxygen atoms in total. The van der Waals surface area contributed by atoms with Gasteiger partial charge in [-0.1, -0.05) is 26.0 Å². The molecule has 1 fully saturated rings. The van der Waals surface area contributed by atoms with Crippen LogP contribution in [0.3, 0.4) is 0 Å². The summed E-state index contributed by atoms with van der Waals surface area (Å²) in [7, 11) is 0. The molecule has 3 unspecified atom stereocenters. The van der Waals surface area contributed by atoms with E-state index in [1.54, 1.807) is 6.07 Å². The topological polar surface area (TPSA) is 61.4 Å². The van der Waals surface area contributed by atoms with Crippen molar-refractivity contribution in [2.75, 3.05) is 26.2 Å². The number of carbonyl (C=O) groups is 2. The largest absolute Gasteiger partial charge is 0.351 e. The van der Waals surface area contributed by atoms with Gasteiger partial charge in [-0.05, 0) is 59.9 Å². The Morgan fingerprint density at radius 2 is 1.88 bits per heavy atom. The fourth-order valence-corrected chi connectivity index (χ4v) is 4.23. The van der Waals surface area contributed by atoms with E-state index < -0.39 is 0 Å². The van der Waals surface area contributed by atoms with E-state index in [1.807, 2.05) is 25.1 Å². The van der Waals surface area contributed by atoms with E-state index in [9.17, 15) is 9.59 Å². The lowest BCUT2D eigenvalue weighted by molar-refractivity contribution is -0.120. The van der Waals surface area contributed by atoms with Gasteiger partial charge in [0.25, 0.3) is 5.91 Å². The first-order chi connectivity index (χ1) is 11.8. The molecule has 0 radical (unpaired) electrons. The zero-order valence-corrected chi connectivity index (χ0v) is 17.4. The van der Waals surface area contributed by atoms with Crippen LogP contribution in [0.15, 0.2) is 24.3 Å². The van der Waals surface area contributed by atoms with Crippen molar-refractivity contribution >= 4 is 34.4 Å². The van der Waals surface area contributed by atoms with E-state index in [4.69, 9.17) is 0 Å². The van der Waals surface area contributed by atoms with Gasteiger partial charge in [0.1, 0.15) is 0 Å². The maximum atomic E-state index is 12.1. The van der Waals surface area contributed by atoms with Gasteiger partial charge in [0.15, 0.2) is 0 Å². The summed E-state index contributed by atoms with van der Waals surface area (Å²) in [5.74, 6) is 1.05. The van der Waals surface area contributed by atoms with Gasteiger partial charge in [0.05, 0.1) is 12.1 Å². The van der Waals surface area contributed by atoms with E-state index in [-0.39, 0.29) is 24.4 Å². The molecule has 0 saturated carbocycles. The van der Waals surface area contributed by atoms with Gasteiger partial charge >= 0.3 is 0 Å². The molecule has 138 valence electrons. The summed E-state index contributed by atoms with van der Waals surface area (Å²) in [6.45, 7) is 9.62. The standard InChI is InChI=1S/C19H28IN3O2/c1-13-8-14(2)11-23(10-13)12-15(3)22-18(24)9-21-19(25)16-6-4-5-7-17(16)20/h4-7,13-15H,8-12H2,1-3H3,(H,21,25)(H,22,24). The van der Waals surface area contributed by atoms with Crippen LogP contribution in [-0.4, -0.2) is 48.9 Å². The van der Waals surface area contributed by atoms with Crippen LogP contribution in [0.25, 0.3) is 0 Å². The van der Waals surface area contributed by atoms with Crippen molar-refractivity contribution in [3.63, 3.8) is 0 Å². The molecule has 1 saturated heterocycles. The summed E-state index contributed by atoms with van der Waals surface area (Å²) >= 11 is 2.12. The van der Waals surface area contributed by atoms with Gasteiger partial charge in [0, 0.05) is 29.2 Å². The average Bonchev–Trinajstić information content (AvgIpc) is 2.51. The maximum absolute atomic E-state index is 12.1. The van der Waals surface area contributed by atoms with Crippen LogP contribution in [0.2, 0.25) is 0 Å². The predicted molar refractivity (Wildman–Crippen MR) is 108 cm³/mol. The number of piperidine rings is 1. The van der Waals surface area contributed by atoms with Crippen molar-refractivity contribution in [3.8, 4) is 0 Å². The van der Waals surface area contributed by atoms with Crippen molar-refractivity contribution in [3.05, 3.63) is 33.4 Å². The Hall–Kier alpha value is -1.15. The number of halogens is 1. The Morgan fingerprint density at radius 1 is 1.24 bits per heavy atom. The third kappa shape index (κ3) is 6.58. The minimum atomic E-state index is -0.216. The van der Waals surface area contributed by atoms with Crippen LogP contribution in [-0.2, 0) is 4.79 Å². The number of benzene rings is 1. The smallest absolute Gasteiger partial charge is 0.252 e. The van der Waals surface area contributed by atoms with Crippen molar-refractivity contribution in [1.82, 2.24) is 15.5 Å². The molecule has 1 aromatic rings. The molecule has 0 aromatic heterocycles. The average molecular weight is 457 g/mol. The number of hydrogen-bond acceptors (Lipinski definition) is 3. The van der Waals surface area contributed by atoms with Crippen LogP contribution < -0.4 is 10.6 Å². The molecule has 1 aromatic carbocycles. The fourth-order valence-electron chi connectivity index (χ4n) is 3.60. The molecule has 25 heavy (non-hydrogen) atoms. The number of rotatable bonds is 6. The van der Waals surface area contributed by atoms with Gasteiger partial charge < -0.3 is 15.5 Å². The van der Waals surface area contributed by atoms with Crippen LogP contribution >= 0.6 is 22.6 Å². The first-order valence-corrected chi connectivity index (χ1v) is 9.97. The SMILES string of the molecule is CC1CC(C)CN(CC(C)NC(=O)CNC(=O)c2ccccc2I)C1. The minimum Gasteiger partial charge on any atom is -0.351 e. The normalized spacial score (nSPS) is 22.2. The molecule has 0 bridgehead atoms. The number of nitrogens with zero attached hydrogens (tertiary/aromatic N) is 1. The molecule has 3 atom stereocenters. The second-order valence-electron chi connectivity index (χ2n) is 7.30. The lowest BCUT2D eigenvalue weighted by atomic mass is 9.92. The summed E-state index contributed by atoms with van der Waals surface area (Å²) in [5, 5.41) is 5.67. The first-order valence-electron chi connectivity index (χ1n) is 8.89. The molecule has 2 N–H and O–H groups in total. The highest BCUT2D eigenvalue weighted by Gasteiger charge is 2.23. The molecular formula is C19H28IN3O2. The lowest BCUT2D eigenvalue weighted by Gasteiger charge is -2.36. The summed E-state index contributed by atoms with van der Waals surface area (Å²) in [4.78, 5) is 26.7. The minimum absolute atomic E-state index is 0.000946. The predicted octanol–water partition coefficient (Wildman–Crippen LogP) is 2.50. The molecule has 2 amide bonds. The number of nitrogens with one attached hydrogen (secondary N) is 2. The second kappa shape index (κ2) is 9.52. The number of amides is 2.